The zero-order valence-electron chi connectivity index (χ0n) is 22.1. The van der Waals surface area contributed by atoms with Gasteiger partial charge in [0.25, 0.3) is 5.56 Å². The van der Waals surface area contributed by atoms with E-state index in [4.69, 9.17) is 9.47 Å². The average molecular weight is 483 g/mol. The van der Waals surface area contributed by atoms with E-state index in [1.807, 2.05) is 26.8 Å². The summed E-state index contributed by atoms with van der Waals surface area (Å²) >= 11 is 0. The molecule has 190 valence electrons. The van der Waals surface area contributed by atoms with Crippen LogP contribution in [-0.2, 0) is 6.54 Å². The van der Waals surface area contributed by atoms with Crippen molar-refractivity contribution in [2.45, 2.75) is 54.0 Å². The number of aryl methyl sites for hydroxylation is 1. The Hall–Kier alpha value is -3.20. The maximum atomic E-state index is 13.6. The molecule has 0 fully saturated rings. The van der Waals surface area contributed by atoms with Crippen molar-refractivity contribution in [2.24, 2.45) is 0 Å². The molecule has 0 bridgehead atoms. The minimum Gasteiger partial charge on any atom is -0.496 e. The van der Waals surface area contributed by atoms with E-state index in [1.165, 1.54) is 0 Å². The van der Waals surface area contributed by atoms with Crippen LogP contribution in [0.5, 0.6) is 11.5 Å². The van der Waals surface area contributed by atoms with Gasteiger partial charge in [-0.15, -0.1) is 10.2 Å². The Bertz CT molecular complexity index is 1190. The number of rotatable bonds is 12. The highest BCUT2D eigenvalue weighted by Crippen LogP contribution is 2.38. The lowest BCUT2D eigenvalue weighted by molar-refractivity contribution is 0.298. The molecule has 1 aromatic carbocycles. The van der Waals surface area contributed by atoms with E-state index < -0.39 is 0 Å². The average Bonchev–Trinajstić information content (AvgIpc) is 2.87. The van der Waals surface area contributed by atoms with Gasteiger partial charge in [-0.25, -0.2) is 0 Å². The number of ether oxygens (including phenoxy) is 2. The van der Waals surface area contributed by atoms with Crippen LogP contribution in [0.4, 0.5) is 5.95 Å². The van der Waals surface area contributed by atoms with E-state index in [0.717, 1.165) is 55.7 Å². The van der Waals surface area contributed by atoms with E-state index in [0.29, 0.717) is 40.7 Å². The largest absolute Gasteiger partial charge is 0.496 e. The van der Waals surface area contributed by atoms with Crippen molar-refractivity contribution in [3.63, 3.8) is 0 Å². The Morgan fingerprint density at radius 3 is 2.20 bits per heavy atom. The number of anilines is 1. The van der Waals surface area contributed by atoms with Gasteiger partial charge >= 0.3 is 0 Å². The summed E-state index contributed by atoms with van der Waals surface area (Å²) in [5, 5.41) is 11.9. The van der Waals surface area contributed by atoms with Gasteiger partial charge in [-0.2, -0.15) is 4.98 Å². The molecule has 1 N–H and O–H groups in total. The lowest BCUT2D eigenvalue weighted by Crippen LogP contribution is -2.24. The topological polar surface area (TPSA) is 94.4 Å². The maximum absolute atomic E-state index is 13.6. The van der Waals surface area contributed by atoms with Gasteiger partial charge in [-0.1, -0.05) is 13.8 Å². The molecule has 0 spiro atoms. The standard InChI is InChI=1S/C26H38N6O3/c1-8-31(9-2)14-12-11-13-27-26-28-24-20(29-30-26)15-19(25(33)32(24)10-3)23-17(4)21(34-6)16-22(35-7)18(23)5/h15-16H,8-14H2,1-7H3,(H,27,28,30). The summed E-state index contributed by atoms with van der Waals surface area (Å²) in [5.41, 5.74) is 4.00. The van der Waals surface area contributed by atoms with Crippen molar-refractivity contribution < 1.29 is 9.47 Å². The molecule has 2 heterocycles. The highest BCUT2D eigenvalue weighted by atomic mass is 16.5. The molecule has 0 aliphatic heterocycles. The second-order valence-corrected chi connectivity index (χ2v) is 8.52. The van der Waals surface area contributed by atoms with Crippen molar-refractivity contribution in [1.82, 2.24) is 24.6 Å². The van der Waals surface area contributed by atoms with Gasteiger partial charge in [0, 0.05) is 24.7 Å². The molecule has 9 heteroatoms. The predicted octanol–water partition coefficient (Wildman–Crippen LogP) is 4.04. The molecule has 3 aromatic rings. The van der Waals surface area contributed by atoms with Gasteiger partial charge in [0.05, 0.1) is 19.8 Å². The first-order valence-electron chi connectivity index (χ1n) is 12.4. The fourth-order valence-electron chi connectivity index (χ4n) is 4.50. The lowest BCUT2D eigenvalue weighted by atomic mass is 9.94. The van der Waals surface area contributed by atoms with Crippen molar-refractivity contribution in [1.29, 1.82) is 0 Å². The highest BCUT2D eigenvalue weighted by molar-refractivity contribution is 5.82. The predicted molar refractivity (Wildman–Crippen MR) is 141 cm³/mol. The van der Waals surface area contributed by atoms with Crippen LogP contribution in [0.1, 0.15) is 44.7 Å². The number of unbranched alkanes of at least 4 members (excludes halogenated alkanes) is 1. The van der Waals surface area contributed by atoms with Gasteiger partial charge in [0.1, 0.15) is 17.0 Å². The number of nitrogens with one attached hydrogen (secondary N) is 1. The summed E-state index contributed by atoms with van der Waals surface area (Å²) in [6.45, 7) is 14.6. The van der Waals surface area contributed by atoms with Crippen molar-refractivity contribution >= 4 is 17.1 Å². The Labute approximate surface area is 207 Å². The number of pyridine rings is 1. The fourth-order valence-corrected chi connectivity index (χ4v) is 4.50. The van der Waals surface area contributed by atoms with Crippen LogP contribution in [0.3, 0.4) is 0 Å². The third-order valence-electron chi connectivity index (χ3n) is 6.56. The van der Waals surface area contributed by atoms with Crippen molar-refractivity contribution in [2.75, 3.05) is 45.7 Å². The quantitative estimate of drug-likeness (QED) is 0.387. The molecule has 35 heavy (non-hydrogen) atoms. The van der Waals surface area contributed by atoms with Crippen LogP contribution in [-0.4, -0.2) is 65.0 Å². The third kappa shape index (κ3) is 5.56. The summed E-state index contributed by atoms with van der Waals surface area (Å²) in [7, 11) is 3.22. The molecular weight excluding hydrogens is 444 g/mol. The summed E-state index contributed by atoms with van der Waals surface area (Å²) in [5.74, 6) is 1.76. The second kappa shape index (κ2) is 12.0. The maximum Gasteiger partial charge on any atom is 0.260 e. The van der Waals surface area contributed by atoms with Crippen LogP contribution >= 0.6 is 0 Å². The third-order valence-corrected chi connectivity index (χ3v) is 6.56. The molecule has 0 aliphatic rings. The van der Waals surface area contributed by atoms with Crippen LogP contribution in [0.25, 0.3) is 22.3 Å². The van der Waals surface area contributed by atoms with Gasteiger partial charge in [-0.05, 0) is 70.4 Å². The SMILES string of the molecule is CCN(CC)CCCCNc1nnc2cc(-c3c(C)c(OC)cc(OC)c3C)c(=O)n(CC)c2n1. The Morgan fingerprint density at radius 1 is 0.971 bits per heavy atom. The number of methoxy groups -OCH3 is 2. The molecule has 3 rings (SSSR count). The number of aromatic nitrogens is 4. The van der Waals surface area contributed by atoms with Crippen LogP contribution < -0.4 is 20.3 Å². The molecule has 0 saturated carbocycles. The molecule has 0 radical (unpaired) electrons. The molecule has 0 amide bonds. The van der Waals surface area contributed by atoms with Crippen molar-refractivity contribution in [3.8, 4) is 22.6 Å². The minimum absolute atomic E-state index is 0.132. The number of fused-ring (bicyclic) bond motifs is 1. The Balaban J connectivity index is 1.95. The smallest absolute Gasteiger partial charge is 0.260 e. The van der Waals surface area contributed by atoms with Gasteiger partial charge in [-0.3, -0.25) is 9.36 Å². The second-order valence-electron chi connectivity index (χ2n) is 8.52. The zero-order chi connectivity index (χ0) is 25.5. The van der Waals surface area contributed by atoms with Gasteiger partial charge < -0.3 is 19.7 Å². The monoisotopic (exact) mass is 482 g/mol. The van der Waals surface area contributed by atoms with Gasteiger partial charge in [0.15, 0.2) is 5.65 Å². The summed E-state index contributed by atoms with van der Waals surface area (Å²) in [6.07, 6.45) is 2.11. The van der Waals surface area contributed by atoms with Crippen LogP contribution in [0.15, 0.2) is 16.9 Å². The Kier molecular flexibility index (Phi) is 9.03. The van der Waals surface area contributed by atoms with E-state index in [2.05, 4.69) is 39.2 Å². The molecule has 0 saturated heterocycles. The molecule has 2 aromatic heterocycles. The molecule has 0 aliphatic carbocycles. The fraction of sp³-hybridized carbons (Fsp3) is 0.538. The highest BCUT2D eigenvalue weighted by Gasteiger charge is 2.21. The van der Waals surface area contributed by atoms with E-state index >= 15 is 0 Å². The first-order chi connectivity index (χ1) is 16.9. The summed E-state index contributed by atoms with van der Waals surface area (Å²) in [4.78, 5) is 20.7. The number of benzene rings is 1. The number of hydrogen-bond donors (Lipinski definition) is 1. The summed E-state index contributed by atoms with van der Waals surface area (Å²) < 4.78 is 12.7. The minimum atomic E-state index is -0.132. The van der Waals surface area contributed by atoms with Gasteiger partial charge in [0.2, 0.25) is 5.95 Å². The zero-order valence-corrected chi connectivity index (χ0v) is 22.1. The van der Waals surface area contributed by atoms with E-state index in [-0.39, 0.29) is 5.56 Å². The van der Waals surface area contributed by atoms with Crippen LogP contribution in [0.2, 0.25) is 0 Å². The molecule has 0 unspecified atom stereocenters. The van der Waals surface area contributed by atoms with Crippen LogP contribution in [0, 0.1) is 13.8 Å². The van der Waals surface area contributed by atoms with E-state index in [1.54, 1.807) is 24.9 Å². The molecular formula is C26H38N6O3. The lowest BCUT2D eigenvalue weighted by Gasteiger charge is -2.18. The first-order valence-corrected chi connectivity index (χ1v) is 12.4. The number of hydrogen-bond acceptors (Lipinski definition) is 8. The molecule has 9 nitrogen and oxygen atoms in total. The number of nitrogens with zero attached hydrogens (tertiary/aromatic N) is 5. The Morgan fingerprint density at radius 2 is 1.63 bits per heavy atom. The van der Waals surface area contributed by atoms with Crippen molar-refractivity contribution in [3.05, 3.63) is 33.6 Å². The van der Waals surface area contributed by atoms with E-state index in [9.17, 15) is 4.79 Å². The normalized spacial score (nSPS) is 11.3. The first kappa shape index (κ1) is 26.4. The molecule has 0 atom stereocenters. The summed E-state index contributed by atoms with van der Waals surface area (Å²) in [6, 6.07) is 3.61.